The second-order valence-corrected chi connectivity index (χ2v) is 7.24. The minimum Gasteiger partial charge on any atom is -0.339 e. The Morgan fingerprint density at radius 2 is 1.86 bits per heavy atom. The fraction of sp³-hybridized carbons (Fsp3) is 0.556. The van der Waals surface area contributed by atoms with E-state index in [1.54, 1.807) is 0 Å². The lowest BCUT2D eigenvalue weighted by atomic mass is 9.80. The van der Waals surface area contributed by atoms with Gasteiger partial charge in [0.25, 0.3) is 0 Å². The smallest absolute Gasteiger partial charge is 0.230 e. The van der Waals surface area contributed by atoms with Crippen molar-refractivity contribution in [2.45, 2.75) is 57.8 Å². The molecule has 4 heteroatoms. The Labute approximate surface area is 140 Å². The Balaban J connectivity index is 1.61. The SMILES string of the molecule is CCCCC1CCC(c2nc(-c3ccc(Br)cc3)no2)CC1. The van der Waals surface area contributed by atoms with Crippen molar-refractivity contribution in [3.63, 3.8) is 0 Å². The normalized spacial score (nSPS) is 21.9. The highest BCUT2D eigenvalue weighted by molar-refractivity contribution is 9.10. The largest absolute Gasteiger partial charge is 0.339 e. The van der Waals surface area contributed by atoms with Gasteiger partial charge in [-0.15, -0.1) is 0 Å². The minimum absolute atomic E-state index is 0.453. The van der Waals surface area contributed by atoms with Crippen LogP contribution in [0.15, 0.2) is 33.3 Å². The fourth-order valence-electron chi connectivity index (χ4n) is 3.31. The molecule has 1 fully saturated rings. The summed E-state index contributed by atoms with van der Waals surface area (Å²) in [6.07, 6.45) is 9.05. The van der Waals surface area contributed by atoms with Gasteiger partial charge in [0, 0.05) is 16.0 Å². The molecule has 0 amide bonds. The summed E-state index contributed by atoms with van der Waals surface area (Å²) in [6.45, 7) is 2.27. The fourth-order valence-corrected chi connectivity index (χ4v) is 3.57. The van der Waals surface area contributed by atoms with Crippen molar-refractivity contribution in [1.82, 2.24) is 10.1 Å². The molecule has 1 aromatic carbocycles. The van der Waals surface area contributed by atoms with Crippen LogP contribution in [0.25, 0.3) is 11.4 Å². The van der Waals surface area contributed by atoms with Gasteiger partial charge in [-0.25, -0.2) is 0 Å². The Kier molecular flexibility index (Phi) is 5.29. The maximum atomic E-state index is 5.53. The number of nitrogens with zero attached hydrogens (tertiary/aromatic N) is 2. The summed E-state index contributed by atoms with van der Waals surface area (Å²) in [5, 5.41) is 4.16. The maximum absolute atomic E-state index is 5.53. The van der Waals surface area contributed by atoms with Crippen molar-refractivity contribution in [1.29, 1.82) is 0 Å². The lowest BCUT2D eigenvalue weighted by Crippen LogP contribution is -2.13. The summed E-state index contributed by atoms with van der Waals surface area (Å²) < 4.78 is 6.59. The molecule has 1 aliphatic rings. The van der Waals surface area contributed by atoms with Crippen molar-refractivity contribution >= 4 is 15.9 Å². The van der Waals surface area contributed by atoms with Gasteiger partial charge in [0.1, 0.15) is 0 Å². The predicted molar refractivity (Wildman–Crippen MR) is 91.7 cm³/mol. The lowest BCUT2D eigenvalue weighted by Gasteiger charge is -2.26. The molecular weight excluding hydrogens is 340 g/mol. The first-order valence-corrected chi connectivity index (χ1v) is 9.15. The van der Waals surface area contributed by atoms with Gasteiger partial charge in [-0.05, 0) is 55.9 Å². The molecule has 0 bridgehead atoms. The van der Waals surface area contributed by atoms with Crippen LogP contribution in [0.4, 0.5) is 0 Å². The molecule has 3 nitrogen and oxygen atoms in total. The molecule has 0 atom stereocenters. The van der Waals surface area contributed by atoms with Crippen LogP contribution in [0.3, 0.4) is 0 Å². The van der Waals surface area contributed by atoms with Crippen LogP contribution in [-0.2, 0) is 0 Å². The van der Waals surface area contributed by atoms with E-state index in [0.29, 0.717) is 11.7 Å². The second-order valence-electron chi connectivity index (χ2n) is 6.32. The molecule has 0 aliphatic heterocycles. The first kappa shape index (κ1) is 15.7. The highest BCUT2D eigenvalue weighted by Crippen LogP contribution is 2.37. The molecule has 1 heterocycles. The van der Waals surface area contributed by atoms with Gasteiger partial charge in [0.15, 0.2) is 0 Å². The van der Waals surface area contributed by atoms with E-state index in [0.717, 1.165) is 21.8 Å². The standard InChI is InChI=1S/C18H23BrN2O/c1-2-3-4-13-5-7-15(8-6-13)18-20-17(21-22-18)14-9-11-16(19)12-10-14/h9-13,15H,2-8H2,1H3. The molecular formula is C18H23BrN2O. The van der Waals surface area contributed by atoms with Gasteiger partial charge in [0.05, 0.1) is 0 Å². The molecule has 0 unspecified atom stereocenters. The van der Waals surface area contributed by atoms with E-state index in [4.69, 9.17) is 4.52 Å². The topological polar surface area (TPSA) is 38.9 Å². The summed E-state index contributed by atoms with van der Waals surface area (Å²) >= 11 is 3.44. The number of unbranched alkanes of at least 4 members (excludes halogenated alkanes) is 1. The van der Waals surface area contributed by atoms with Gasteiger partial charge in [-0.2, -0.15) is 4.98 Å². The third-order valence-electron chi connectivity index (χ3n) is 4.71. The summed E-state index contributed by atoms with van der Waals surface area (Å²) in [7, 11) is 0. The molecule has 0 saturated heterocycles. The third kappa shape index (κ3) is 3.78. The number of rotatable bonds is 5. The van der Waals surface area contributed by atoms with Crippen molar-refractivity contribution in [2.24, 2.45) is 5.92 Å². The Hall–Kier alpha value is -1.16. The van der Waals surface area contributed by atoms with Gasteiger partial charge in [-0.3, -0.25) is 0 Å². The number of hydrogen-bond donors (Lipinski definition) is 0. The molecule has 1 aliphatic carbocycles. The van der Waals surface area contributed by atoms with E-state index in [1.807, 2.05) is 24.3 Å². The highest BCUT2D eigenvalue weighted by atomic mass is 79.9. The maximum Gasteiger partial charge on any atom is 0.230 e. The Morgan fingerprint density at radius 1 is 1.14 bits per heavy atom. The van der Waals surface area contributed by atoms with Crippen molar-refractivity contribution in [2.75, 3.05) is 0 Å². The molecule has 3 rings (SSSR count). The predicted octanol–water partition coefficient (Wildman–Crippen LogP) is 5.96. The monoisotopic (exact) mass is 362 g/mol. The average Bonchev–Trinajstić information content (AvgIpc) is 3.04. The zero-order valence-corrected chi connectivity index (χ0v) is 14.7. The van der Waals surface area contributed by atoms with Crippen LogP contribution in [-0.4, -0.2) is 10.1 Å². The van der Waals surface area contributed by atoms with Crippen molar-refractivity contribution in [3.8, 4) is 11.4 Å². The summed E-state index contributed by atoms with van der Waals surface area (Å²) in [6, 6.07) is 8.04. The van der Waals surface area contributed by atoms with Gasteiger partial charge >= 0.3 is 0 Å². The second kappa shape index (κ2) is 7.40. The summed E-state index contributed by atoms with van der Waals surface area (Å²) in [5.74, 6) is 2.89. The van der Waals surface area contributed by atoms with Crippen LogP contribution in [0.5, 0.6) is 0 Å². The number of aromatic nitrogens is 2. The van der Waals surface area contributed by atoms with Crippen molar-refractivity contribution < 1.29 is 4.52 Å². The van der Waals surface area contributed by atoms with Gasteiger partial charge in [-0.1, -0.05) is 47.3 Å². The summed E-state index contributed by atoms with van der Waals surface area (Å²) in [4.78, 5) is 4.63. The first-order chi connectivity index (χ1) is 10.8. The first-order valence-electron chi connectivity index (χ1n) is 8.35. The molecule has 22 heavy (non-hydrogen) atoms. The molecule has 0 spiro atoms. The number of hydrogen-bond acceptors (Lipinski definition) is 3. The highest BCUT2D eigenvalue weighted by Gasteiger charge is 2.26. The van der Waals surface area contributed by atoms with Crippen molar-refractivity contribution in [3.05, 3.63) is 34.6 Å². The third-order valence-corrected chi connectivity index (χ3v) is 5.23. The minimum atomic E-state index is 0.453. The van der Waals surface area contributed by atoms with E-state index in [1.165, 1.54) is 44.9 Å². The molecule has 118 valence electrons. The van der Waals surface area contributed by atoms with E-state index in [2.05, 4.69) is 33.0 Å². The number of halogens is 1. The Morgan fingerprint density at radius 3 is 2.55 bits per heavy atom. The molecule has 0 N–H and O–H groups in total. The van der Waals surface area contributed by atoms with Gasteiger partial charge < -0.3 is 4.52 Å². The summed E-state index contributed by atoms with van der Waals surface area (Å²) in [5.41, 5.74) is 1.01. The van der Waals surface area contributed by atoms with E-state index >= 15 is 0 Å². The lowest BCUT2D eigenvalue weighted by molar-refractivity contribution is 0.260. The van der Waals surface area contributed by atoms with E-state index < -0.39 is 0 Å². The van der Waals surface area contributed by atoms with Crippen LogP contribution in [0.1, 0.15) is 63.7 Å². The number of benzene rings is 1. The Bertz CT molecular complexity index is 585. The molecule has 1 aromatic heterocycles. The molecule has 1 saturated carbocycles. The zero-order chi connectivity index (χ0) is 15.4. The zero-order valence-electron chi connectivity index (χ0n) is 13.1. The van der Waals surface area contributed by atoms with Crippen LogP contribution < -0.4 is 0 Å². The molecule has 0 radical (unpaired) electrons. The average molecular weight is 363 g/mol. The van der Waals surface area contributed by atoms with Crippen LogP contribution in [0, 0.1) is 5.92 Å². The quantitative estimate of drug-likeness (QED) is 0.658. The van der Waals surface area contributed by atoms with Crippen LogP contribution in [0.2, 0.25) is 0 Å². The van der Waals surface area contributed by atoms with E-state index in [9.17, 15) is 0 Å². The molecule has 2 aromatic rings. The van der Waals surface area contributed by atoms with E-state index in [-0.39, 0.29) is 0 Å². The van der Waals surface area contributed by atoms with Gasteiger partial charge in [0.2, 0.25) is 11.7 Å². The van der Waals surface area contributed by atoms with Crippen LogP contribution >= 0.6 is 15.9 Å².